The summed E-state index contributed by atoms with van der Waals surface area (Å²) in [6.45, 7) is 5.39. The molecule has 0 aliphatic carbocycles. The molecule has 0 aliphatic heterocycles. The van der Waals surface area contributed by atoms with Crippen LogP contribution >= 0.6 is 0 Å². The average molecular weight is 439 g/mol. The molecular formula is C23H25N3O6. The Kier molecular flexibility index (Phi) is 6.77. The SMILES string of the molecule is COc1cc(C(=O)OCc2cn(Cc3ccc(C)cc3)nn2)ccc1OC(C)(C)C(=O)O. The maximum atomic E-state index is 12.5. The van der Waals surface area contributed by atoms with Crippen molar-refractivity contribution in [2.24, 2.45) is 0 Å². The highest BCUT2D eigenvalue weighted by molar-refractivity contribution is 5.90. The van der Waals surface area contributed by atoms with Crippen molar-refractivity contribution in [3.8, 4) is 11.5 Å². The van der Waals surface area contributed by atoms with E-state index >= 15 is 0 Å². The van der Waals surface area contributed by atoms with Crippen molar-refractivity contribution < 1.29 is 28.9 Å². The van der Waals surface area contributed by atoms with E-state index in [4.69, 9.17) is 14.2 Å². The molecule has 9 heteroatoms. The molecule has 1 heterocycles. The molecule has 0 amide bonds. The smallest absolute Gasteiger partial charge is 0.347 e. The summed E-state index contributed by atoms with van der Waals surface area (Å²) < 4.78 is 17.8. The monoisotopic (exact) mass is 439 g/mol. The van der Waals surface area contributed by atoms with E-state index in [2.05, 4.69) is 10.3 Å². The van der Waals surface area contributed by atoms with Crippen LogP contribution in [0.1, 0.15) is 41.0 Å². The van der Waals surface area contributed by atoms with E-state index in [1.165, 1.54) is 44.7 Å². The van der Waals surface area contributed by atoms with Gasteiger partial charge in [-0.15, -0.1) is 5.10 Å². The van der Waals surface area contributed by atoms with Crippen molar-refractivity contribution in [2.75, 3.05) is 7.11 Å². The highest BCUT2D eigenvalue weighted by Crippen LogP contribution is 2.31. The van der Waals surface area contributed by atoms with Crippen molar-refractivity contribution in [3.63, 3.8) is 0 Å². The first-order chi connectivity index (χ1) is 15.2. The summed E-state index contributed by atoms with van der Waals surface area (Å²) in [5.74, 6) is -1.28. The quantitative estimate of drug-likeness (QED) is 0.506. The number of carboxylic acid groups (broad SMARTS) is 1. The molecule has 0 saturated heterocycles. The van der Waals surface area contributed by atoms with Crippen molar-refractivity contribution in [1.82, 2.24) is 15.0 Å². The van der Waals surface area contributed by atoms with Crippen LogP contribution in [0.15, 0.2) is 48.7 Å². The highest BCUT2D eigenvalue weighted by atomic mass is 16.5. The molecule has 0 unspecified atom stereocenters. The van der Waals surface area contributed by atoms with Crippen LogP contribution in [-0.4, -0.2) is 44.7 Å². The lowest BCUT2D eigenvalue weighted by molar-refractivity contribution is -0.152. The molecule has 1 N–H and O–H groups in total. The molecule has 0 bridgehead atoms. The lowest BCUT2D eigenvalue weighted by Gasteiger charge is -2.23. The zero-order valence-corrected chi connectivity index (χ0v) is 18.4. The summed E-state index contributed by atoms with van der Waals surface area (Å²) in [5.41, 5.74) is 1.56. The fourth-order valence-corrected chi connectivity index (χ4v) is 2.78. The predicted molar refractivity (Wildman–Crippen MR) is 115 cm³/mol. The number of nitrogens with zero attached hydrogens (tertiary/aromatic N) is 3. The molecule has 1 aromatic heterocycles. The zero-order chi connectivity index (χ0) is 23.3. The van der Waals surface area contributed by atoms with Crippen LogP contribution in [0, 0.1) is 6.92 Å². The van der Waals surface area contributed by atoms with Crippen molar-refractivity contribution in [2.45, 2.75) is 39.5 Å². The van der Waals surface area contributed by atoms with E-state index in [1.54, 1.807) is 10.9 Å². The Hall–Kier alpha value is -3.88. The molecule has 168 valence electrons. The maximum absolute atomic E-state index is 12.5. The van der Waals surface area contributed by atoms with E-state index < -0.39 is 17.5 Å². The Bertz CT molecular complexity index is 1110. The van der Waals surface area contributed by atoms with Gasteiger partial charge in [0.25, 0.3) is 0 Å². The third-order valence-electron chi connectivity index (χ3n) is 4.68. The van der Waals surface area contributed by atoms with E-state index in [1.807, 2.05) is 31.2 Å². The van der Waals surface area contributed by atoms with Gasteiger partial charge >= 0.3 is 11.9 Å². The fraction of sp³-hybridized carbons (Fsp3) is 0.304. The number of hydrogen-bond donors (Lipinski definition) is 1. The molecule has 0 saturated carbocycles. The fourth-order valence-electron chi connectivity index (χ4n) is 2.78. The Morgan fingerprint density at radius 2 is 1.81 bits per heavy atom. The van der Waals surface area contributed by atoms with Crippen molar-refractivity contribution in [3.05, 3.63) is 71.0 Å². The number of aryl methyl sites for hydroxylation is 1. The summed E-state index contributed by atoms with van der Waals surface area (Å²) in [4.78, 5) is 23.7. The van der Waals surface area contributed by atoms with Crippen molar-refractivity contribution in [1.29, 1.82) is 0 Å². The molecule has 0 spiro atoms. The molecule has 0 fully saturated rings. The van der Waals surface area contributed by atoms with Crippen LogP contribution in [-0.2, 0) is 22.7 Å². The first kappa shape index (κ1) is 22.8. The van der Waals surface area contributed by atoms with Crippen LogP contribution in [0.2, 0.25) is 0 Å². The number of methoxy groups -OCH3 is 1. The Labute approximate surface area is 185 Å². The number of benzene rings is 2. The number of carbonyl (C=O) groups is 2. The van der Waals surface area contributed by atoms with E-state index in [0.29, 0.717) is 12.2 Å². The minimum atomic E-state index is -1.46. The number of carboxylic acids is 1. The van der Waals surface area contributed by atoms with Crippen LogP contribution in [0.5, 0.6) is 11.5 Å². The van der Waals surface area contributed by atoms with E-state index in [-0.39, 0.29) is 23.7 Å². The van der Waals surface area contributed by atoms with Gasteiger partial charge in [0.15, 0.2) is 17.1 Å². The molecule has 32 heavy (non-hydrogen) atoms. The number of carbonyl (C=O) groups excluding carboxylic acids is 1. The van der Waals surface area contributed by atoms with Gasteiger partial charge in [-0.1, -0.05) is 35.0 Å². The molecule has 0 aliphatic rings. The van der Waals surface area contributed by atoms with Crippen molar-refractivity contribution >= 4 is 11.9 Å². The van der Waals surface area contributed by atoms with Gasteiger partial charge in [-0.25, -0.2) is 14.3 Å². The third-order valence-corrected chi connectivity index (χ3v) is 4.68. The average Bonchev–Trinajstić information content (AvgIpc) is 3.21. The number of esters is 1. The second kappa shape index (κ2) is 9.51. The van der Waals surface area contributed by atoms with Gasteiger partial charge in [-0.3, -0.25) is 0 Å². The minimum absolute atomic E-state index is 0.0423. The molecule has 2 aromatic carbocycles. The van der Waals surface area contributed by atoms with Crippen LogP contribution < -0.4 is 9.47 Å². The number of aromatic nitrogens is 3. The van der Waals surface area contributed by atoms with Gasteiger partial charge < -0.3 is 19.3 Å². The molecule has 0 radical (unpaired) electrons. The number of ether oxygens (including phenoxy) is 3. The van der Waals surface area contributed by atoms with E-state index in [0.717, 1.165) is 5.56 Å². The largest absolute Gasteiger partial charge is 0.493 e. The molecular weight excluding hydrogens is 414 g/mol. The van der Waals surface area contributed by atoms with Gasteiger partial charge in [-0.05, 0) is 44.5 Å². The van der Waals surface area contributed by atoms with Gasteiger partial charge in [-0.2, -0.15) is 0 Å². The topological polar surface area (TPSA) is 113 Å². The molecule has 3 rings (SSSR count). The maximum Gasteiger partial charge on any atom is 0.347 e. The van der Waals surface area contributed by atoms with Crippen LogP contribution in [0.3, 0.4) is 0 Å². The first-order valence-corrected chi connectivity index (χ1v) is 9.90. The Morgan fingerprint density at radius 1 is 1.09 bits per heavy atom. The summed E-state index contributed by atoms with van der Waals surface area (Å²) in [6, 6.07) is 12.5. The lowest BCUT2D eigenvalue weighted by Crippen LogP contribution is -2.38. The number of rotatable bonds is 9. The normalized spacial score (nSPS) is 11.1. The van der Waals surface area contributed by atoms with Crippen LogP contribution in [0.25, 0.3) is 0 Å². The summed E-state index contributed by atoms with van der Waals surface area (Å²) >= 11 is 0. The standard InChI is InChI=1S/C23H25N3O6/c1-15-5-7-16(8-6-15)12-26-13-18(24-25-26)14-31-21(27)17-9-10-19(20(11-17)30-4)32-23(2,3)22(28)29/h5-11,13H,12,14H2,1-4H3,(H,28,29). The van der Waals surface area contributed by atoms with Gasteiger partial charge in [0.2, 0.25) is 0 Å². The highest BCUT2D eigenvalue weighted by Gasteiger charge is 2.30. The predicted octanol–water partition coefficient (Wildman–Crippen LogP) is 3.24. The summed E-state index contributed by atoms with van der Waals surface area (Å²) in [6.07, 6.45) is 1.72. The summed E-state index contributed by atoms with van der Waals surface area (Å²) in [7, 11) is 1.40. The van der Waals surface area contributed by atoms with E-state index in [9.17, 15) is 14.7 Å². The Balaban J connectivity index is 1.62. The second-order valence-corrected chi connectivity index (χ2v) is 7.75. The first-order valence-electron chi connectivity index (χ1n) is 9.90. The third kappa shape index (κ3) is 5.63. The zero-order valence-electron chi connectivity index (χ0n) is 18.4. The molecule has 0 atom stereocenters. The van der Waals surface area contributed by atoms with Gasteiger partial charge in [0, 0.05) is 0 Å². The second-order valence-electron chi connectivity index (χ2n) is 7.75. The summed E-state index contributed by atoms with van der Waals surface area (Å²) in [5, 5.41) is 17.3. The molecule has 9 nitrogen and oxygen atoms in total. The number of aliphatic carboxylic acids is 1. The lowest BCUT2D eigenvalue weighted by atomic mass is 10.1. The minimum Gasteiger partial charge on any atom is -0.493 e. The van der Waals surface area contributed by atoms with Gasteiger partial charge in [0.05, 0.1) is 25.4 Å². The van der Waals surface area contributed by atoms with Gasteiger partial charge in [0.1, 0.15) is 12.3 Å². The molecule has 3 aromatic rings. The van der Waals surface area contributed by atoms with Crippen LogP contribution in [0.4, 0.5) is 0 Å². The number of hydrogen-bond acceptors (Lipinski definition) is 7. The Morgan fingerprint density at radius 3 is 2.47 bits per heavy atom.